The number of anilines is 1. The Balaban J connectivity index is 1.35. The first-order valence-corrected chi connectivity index (χ1v) is 12.5. The average Bonchev–Trinajstić information content (AvgIpc) is 3.25. The van der Waals surface area contributed by atoms with E-state index in [4.69, 9.17) is 4.99 Å². The lowest BCUT2D eigenvalue weighted by Crippen LogP contribution is -2.52. The van der Waals surface area contributed by atoms with Gasteiger partial charge in [0.15, 0.2) is 6.29 Å². The zero-order chi connectivity index (χ0) is 23.5. The molecule has 3 aromatic rings. The van der Waals surface area contributed by atoms with Gasteiger partial charge in [0.05, 0.1) is 0 Å². The highest BCUT2D eigenvalue weighted by molar-refractivity contribution is 6.04. The first-order valence-electron chi connectivity index (χ1n) is 12.5. The van der Waals surface area contributed by atoms with Gasteiger partial charge < -0.3 is 20.1 Å². The van der Waals surface area contributed by atoms with Gasteiger partial charge in [-0.15, -0.1) is 0 Å². The molecule has 6 heteroatoms. The van der Waals surface area contributed by atoms with Crippen molar-refractivity contribution in [2.24, 2.45) is 4.99 Å². The molecule has 0 saturated carbocycles. The number of piperidine rings is 1. The fourth-order valence-corrected chi connectivity index (χ4v) is 4.99. The minimum Gasteiger partial charge on any atom is -0.361 e. The standard InChI is InChI=1S/C28H36N6/c1-20-11-13-23(14-12-20)31-26-18-27(34-15-7-4-8-16-34)33(3)28(32-26)30-21(2)17-22-19-29-25-10-6-5-9-24(22)25/h5-6,9-14,18-19,21,28-30H,4,7-8,15-17H2,1-3H3,(H,31,32). The van der Waals surface area contributed by atoms with Gasteiger partial charge >= 0.3 is 0 Å². The number of likely N-dealkylation sites (tertiary alicyclic amines) is 1. The molecule has 0 radical (unpaired) electrons. The number of aliphatic imine (C=N–C) groups is 1. The Kier molecular flexibility index (Phi) is 6.59. The van der Waals surface area contributed by atoms with Gasteiger partial charge in [0, 0.05) is 55.0 Å². The summed E-state index contributed by atoms with van der Waals surface area (Å²) < 4.78 is 0. The van der Waals surface area contributed by atoms with Crippen molar-refractivity contribution in [1.29, 1.82) is 0 Å². The molecule has 0 aliphatic carbocycles. The molecule has 2 unspecified atom stereocenters. The topological polar surface area (TPSA) is 58.7 Å². The summed E-state index contributed by atoms with van der Waals surface area (Å²) in [5.74, 6) is 2.14. The first-order chi connectivity index (χ1) is 16.6. The van der Waals surface area contributed by atoms with Crippen LogP contribution in [0.2, 0.25) is 0 Å². The number of rotatable bonds is 6. The van der Waals surface area contributed by atoms with E-state index in [1.165, 1.54) is 47.1 Å². The molecule has 2 aliphatic heterocycles. The SMILES string of the molecule is Cc1ccc(NC2=NC(NC(C)Cc3c[nH]c4ccccc34)N(C)C(N3CCCCC3)=C2)cc1. The summed E-state index contributed by atoms with van der Waals surface area (Å²) in [6, 6.07) is 17.3. The number of hydrogen-bond acceptors (Lipinski definition) is 5. The molecule has 178 valence electrons. The second-order valence-electron chi connectivity index (χ2n) is 9.67. The molecule has 6 nitrogen and oxygen atoms in total. The van der Waals surface area contributed by atoms with Crippen LogP contribution in [0.15, 0.2) is 71.6 Å². The van der Waals surface area contributed by atoms with Gasteiger partial charge in [-0.05, 0) is 63.3 Å². The second kappa shape index (κ2) is 9.94. The van der Waals surface area contributed by atoms with Crippen molar-refractivity contribution >= 4 is 22.4 Å². The van der Waals surface area contributed by atoms with Gasteiger partial charge in [0.2, 0.25) is 0 Å². The van der Waals surface area contributed by atoms with Gasteiger partial charge in [-0.2, -0.15) is 0 Å². The lowest BCUT2D eigenvalue weighted by atomic mass is 10.1. The van der Waals surface area contributed by atoms with Crippen LogP contribution in [0, 0.1) is 6.92 Å². The highest BCUT2D eigenvalue weighted by atomic mass is 15.4. The molecular weight excluding hydrogens is 420 g/mol. The minimum absolute atomic E-state index is 0.130. The number of nitrogens with one attached hydrogen (secondary N) is 3. The number of aryl methyl sites for hydroxylation is 1. The van der Waals surface area contributed by atoms with Crippen LogP contribution in [0.3, 0.4) is 0 Å². The number of nitrogens with zero attached hydrogens (tertiary/aromatic N) is 3. The quantitative estimate of drug-likeness (QED) is 0.485. The maximum absolute atomic E-state index is 5.07. The Morgan fingerprint density at radius 2 is 1.82 bits per heavy atom. The van der Waals surface area contributed by atoms with Crippen LogP contribution in [0.5, 0.6) is 0 Å². The maximum atomic E-state index is 5.07. The average molecular weight is 457 g/mol. The number of benzene rings is 2. The molecule has 3 N–H and O–H groups in total. The molecule has 1 fully saturated rings. The molecule has 0 spiro atoms. The van der Waals surface area contributed by atoms with E-state index in [1.54, 1.807) is 0 Å². The summed E-state index contributed by atoms with van der Waals surface area (Å²) in [5.41, 5.74) is 4.85. The lowest BCUT2D eigenvalue weighted by Gasteiger charge is -2.41. The fourth-order valence-electron chi connectivity index (χ4n) is 4.99. The van der Waals surface area contributed by atoms with Crippen molar-refractivity contribution in [1.82, 2.24) is 20.1 Å². The first kappa shape index (κ1) is 22.5. The van der Waals surface area contributed by atoms with E-state index in [9.17, 15) is 0 Å². The molecule has 1 saturated heterocycles. The van der Waals surface area contributed by atoms with Gasteiger partial charge in [0.25, 0.3) is 0 Å². The predicted octanol–water partition coefficient (Wildman–Crippen LogP) is 5.06. The highest BCUT2D eigenvalue weighted by Gasteiger charge is 2.27. The van der Waals surface area contributed by atoms with Crippen LogP contribution in [0.4, 0.5) is 5.69 Å². The second-order valence-corrected chi connectivity index (χ2v) is 9.67. The predicted molar refractivity (Wildman–Crippen MR) is 142 cm³/mol. The Morgan fingerprint density at radius 3 is 2.62 bits per heavy atom. The Hall–Kier alpha value is -3.25. The molecule has 2 aliphatic rings. The monoisotopic (exact) mass is 456 g/mol. The number of hydrogen-bond donors (Lipinski definition) is 3. The van der Waals surface area contributed by atoms with E-state index in [0.29, 0.717) is 0 Å². The number of para-hydroxylation sites is 1. The van der Waals surface area contributed by atoms with Crippen LogP contribution in [0.1, 0.15) is 37.3 Å². The van der Waals surface area contributed by atoms with Crippen LogP contribution in [-0.4, -0.2) is 53.1 Å². The normalized spacial score (nSPS) is 19.7. The number of H-pyrrole nitrogens is 1. The van der Waals surface area contributed by atoms with E-state index in [1.807, 2.05) is 0 Å². The Bertz CT molecular complexity index is 1170. The molecule has 3 heterocycles. The van der Waals surface area contributed by atoms with Crippen molar-refractivity contribution < 1.29 is 0 Å². The number of fused-ring (bicyclic) bond motifs is 1. The summed E-state index contributed by atoms with van der Waals surface area (Å²) in [6.07, 6.45) is 8.96. The summed E-state index contributed by atoms with van der Waals surface area (Å²) in [7, 11) is 2.16. The van der Waals surface area contributed by atoms with Gasteiger partial charge in [-0.1, -0.05) is 35.9 Å². The van der Waals surface area contributed by atoms with Crippen LogP contribution in [0.25, 0.3) is 10.9 Å². The van der Waals surface area contributed by atoms with E-state index < -0.39 is 0 Å². The largest absolute Gasteiger partial charge is 0.361 e. The third kappa shape index (κ3) is 4.97. The summed E-state index contributed by atoms with van der Waals surface area (Å²) in [4.78, 5) is 13.3. The van der Waals surface area contributed by atoms with Gasteiger partial charge in [0.1, 0.15) is 11.7 Å². The van der Waals surface area contributed by atoms with Gasteiger partial charge in [-0.3, -0.25) is 5.32 Å². The Morgan fingerprint density at radius 1 is 1.06 bits per heavy atom. The third-order valence-corrected chi connectivity index (χ3v) is 6.89. The van der Waals surface area contributed by atoms with E-state index >= 15 is 0 Å². The van der Waals surface area contributed by atoms with E-state index in [-0.39, 0.29) is 12.3 Å². The smallest absolute Gasteiger partial charge is 0.179 e. The summed E-state index contributed by atoms with van der Waals surface area (Å²) >= 11 is 0. The molecule has 2 aromatic carbocycles. The zero-order valence-electron chi connectivity index (χ0n) is 20.5. The van der Waals surface area contributed by atoms with Crippen molar-refractivity contribution in [3.63, 3.8) is 0 Å². The molecule has 5 rings (SSSR count). The van der Waals surface area contributed by atoms with E-state index in [0.717, 1.165) is 31.0 Å². The molecule has 0 bridgehead atoms. The number of aromatic amines is 1. The number of aromatic nitrogens is 1. The summed E-state index contributed by atoms with van der Waals surface area (Å²) in [5, 5.41) is 8.63. The van der Waals surface area contributed by atoms with Gasteiger partial charge in [-0.25, -0.2) is 4.99 Å². The van der Waals surface area contributed by atoms with Crippen molar-refractivity contribution in [2.75, 3.05) is 25.5 Å². The van der Waals surface area contributed by atoms with Crippen LogP contribution in [-0.2, 0) is 6.42 Å². The molecule has 0 amide bonds. The van der Waals surface area contributed by atoms with Crippen molar-refractivity contribution in [3.8, 4) is 0 Å². The Labute approximate surface area is 202 Å². The van der Waals surface area contributed by atoms with Crippen molar-refractivity contribution in [2.45, 2.75) is 51.9 Å². The molecule has 34 heavy (non-hydrogen) atoms. The van der Waals surface area contributed by atoms with Crippen LogP contribution >= 0.6 is 0 Å². The van der Waals surface area contributed by atoms with E-state index in [2.05, 4.69) is 107 Å². The summed E-state index contributed by atoms with van der Waals surface area (Å²) in [6.45, 7) is 6.56. The molecular formula is C28H36N6. The maximum Gasteiger partial charge on any atom is 0.179 e. The molecule has 2 atom stereocenters. The van der Waals surface area contributed by atoms with Crippen LogP contribution < -0.4 is 10.6 Å². The molecule has 1 aromatic heterocycles. The zero-order valence-corrected chi connectivity index (χ0v) is 20.5. The third-order valence-electron chi connectivity index (χ3n) is 6.89. The minimum atomic E-state index is -0.130. The highest BCUT2D eigenvalue weighted by Crippen LogP contribution is 2.24. The lowest BCUT2D eigenvalue weighted by molar-refractivity contribution is 0.148. The fraction of sp³-hybridized carbons (Fsp3) is 0.393. The number of amidine groups is 1. The van der Waals surface area contributed by atoms with Crippen molar-refractivity contribution in [3.05, 3.63) is 77.8 Å².